The average molecular weight is 290 g/mol. The van der Waals surface area contributed by atoms with Crippen molar-refractivity contribution in [1.29, 1.82) is 0 Å². The highest BCUT2D eigenvalue weighted by atomic mass is 16.2. The fourth-order valence-corrected chi connectivity index (χ4v) is 2.80. The lowest BCUT2D eigenvalue weighted by atomic mass is 9.89. The molecule has 2 aliphatic rings. The first-order chi connectivity index (χ1) is 10.00. The third kappa shape index (κ3) is 2.28. The van der Waals surface area contributed by atoms with Crippen LogP contribution in [0, 0.1) is 0 Å². The van der Waals surface area contributed by atoms with E-state index in [0.29, 0.717) is 19.4 Å². The molecule has 0 aliphatic carbocycles. The van der Waals surface area contributed by atoms with Gasteiger partial charge in [-0.1, -0.05) is 0 Å². The van der Waals surface area contributed by atoms with Crippen molar-refractivity contribution in [2.45, 2.75) is 18.4 Å². The van der Waals surface area contributed by atoms with Crippen molar-refractivity contribution >= 4 is 17.8 Å². The van der Waals surface area contributed by atoms with E-state index in [4.69, 9.17) is 0 Å². The van der Waals surface area contributed by atoms with Gasteiger partial charge < -0.3 is 15.2 Å². The van der Waals surface area contributed by atoms with E-state index in [1.165, 1.54) is 23.2 Å². The second-order valence-corrected chi connectivity index (χ2v) is 5.26. The van der Waals surface area contributed by atoms with Crippen LogP contribution < -0.4 is 16.2 Å². The van der Waals surface area contributed by atoms with Gasteiger partial charge in [-0.05, 0) is 18.9 Å². The van der Waals surface area contributed by atoms with E-state index in [9.17, 15) is 19.2 Å². The lowest BCUT2D eigenvalue weighted by Crippen LogP contribution is -2.59. The number of piperidine rings is 1. The molecule has 1 aromatic heterocycles. The van der Waals surface area contributed by atoms with Crippen LogP contribution in [-0.2, 0) is 4.79 Å². The maximum Gasteiger partial charge on any atom is 0.322 e. The van der Waals surface area contributed by atoms with Gasteiger partial charge in [-0.25, -0.2) is 4.79 Å². The summed E-state index contributed by atoms with van der Waals surface area (Å²) in [6, 6.07) is 2.19. The highest BCUT2D eigenvalue weighted by molar-refractivity contribution is 6.07. The highest BCUT2D eigenvalue weighted by Crippen LogP contribution is 2.25. The molecule has 3 heterocycles. The third-order valence-electron chi connectivity index (χ3n) is 3.82. The van der Waals surface area contributed by atoms with Crippen LogP contribution >= 0.6 is 0 Å². The summed E-state index contributed by atoms with van der Waals surface area (Å²) in [5, 5.41) is 4.81. The van der Waals surface area contributed by atoms with Gasteiger partial charge in [-0.2, -0.15) is 0 Å². The Morgan fingerprint density at radius 2 is 2.10 bits per heavy atom. The van der Waals surface area contributed by atoms with Crippen molar-refractivity contribution in [3.05, 3.63) is 34.2 Å². The SMILES string of the molecule is O=C1NC(=O)C2(CCCN(C(=O)c3cc[nH]c(=O)c3)C2)N1. The average Bonchev–Trinajstić information content (AvgIpc) is 2.72. The Labute approximate surface area is 119 Å². The van der Waals surface area contributed by atoms with Crippen molar-refractivity contribution in [1.82, 2.24) is 20.5 Å². The largest absolute Gasteiger partial charge is 0.336 e. The lowest BCUT2D eigenvalue weighted by molar-refractivity contribution is -0.125. The number of amides is 4. The smallest absolute Gasteiger partial charge is 0.322 e. The Balaban J connectivity index is 1.83. The number of carbonyl (C=O) groups excluding carboxylic acids is 3. The van der Waals surface area contributed by atoms with E-state index in [-0.39, 0.29) is 23.6 Å². The molecule has 8 nitrogen and oxygen atoms in total. The Kier molecular flexibility index (Phi) is 3.00. The number of nitrogens with one attached hydrogen (secondary N) is 3. The summed E-state index contributed by atoms with van der Waals surface area (Å²) in [6.07, 6.45) is 2.49. The standard InChI is InChI=1S/C13H14N4O4/c18-9-6-8(2-4-14-9)10(19)17-5-1-3-13(7-17)11(20)15-12(21)16-13/h2,4,6H,1,3,5,7H2,(H,14,18)(H2,15,16,20,21). The number of hydrogen-bond acceptors (Lipinski definition) is 4. The Hall–Kier alpha value is -2.64. The molecule has 110 valence electrons. The summed E-state index contributed by atoms with van der Waals surface area (Å²) >= 11 is 0. The number of carbonyl (C=O) groups is 3. The normalized spacial score (nSPS) is 24.9. The van der Waals surface area contributed by atoms with Gasteiger partial charge in [0.1, 0.15) is 5.54 Å². The van der Waals surface area contributed by atoms with Crippen LogP contribution in [0.2, 0.25) is 0 Å². The van der Waals surface area contributed by atoms with Crippen LogP contribution in [0.4, 0.5) is 4.79 Å². The first kappa shape index (κ1) is 13.3. The van der Waals surface area contributed by atoms with Crippen LogP contribution in [-0.4, -0.2) is 46.4 Å². The zero-order chi connectivity index (χ0) is 15.0. The second-order valence-electron chi connectivity index (χ2n) is 5.26. The number of likely N-dealkylation sites (tertiary alicyclic amines) is 1. The molecule has 0 bridgehead atoms. The fraction of sp³-hybridized carbons (Fsp3) is 0.385. The Morgan fingerprint density at radius 1 is 1.29 bits per heavy atom. The topological polar surface area (TPSA) is 111 Å². The van der Waals surface area contributed by atoms with Crippen molar-refractivity contribution in [2.24, 2.45) is 0 Å². The molecular formula is C13H14N4O4. The monoisotopic (exact) mass is 290 g/mol. The molecule has 8 heteroatoms. The first-order valence-electron chi connectivity index (χ1n) is 6.62. The zero-order valence-corrected chi connectivity index (χ0v) is 11.1. The van der Waals surface area contributed by atoms with Crippen molar-refractivity contribution in [3.8, 4) is 0 Å². The van der Waals surface area contributed by atoms with Gasteiger partial charge in [-0.15, -0.1) is 0 Å². The molecular weight excluding hydrogens is 276 g/mol. The van der Waals surface area contributed by atoms with E-state index >= 15 is 0 Å². The predicted molar refractivity (Wildman–Crippen MR) is 71.6 cm³/mol. The number of aromatic amines is 1. The second kappa shape index (κ2) is 4.72. The molecule has 1 spiro atoms. The summed E-state index contributed by atoms with van der Waals surface area (Å²) in [5.41, 5.74) is -1.15. The molecule has 0 saturated carbocycles. The van der Waals surface area contributed by atoms with Crippen molar-refractivity contribution < 1.29 is 14.4 Å². The number of urea groups is 1. The lowest BCUT2D eigenvalue weighted by Gasteiger charge is -2.38. The molecule has 0 radical (unpaired) electrons. The van der Waals surface area contributed by atoms with Crippen LogP contribution in [0.25, 0.3) is 0 Å². The van der Waals surface area contributed by atoms with Gasteiger partial charge in [-0.3, -0.25) is 19.7 Å². The van der Waals surface area contributed by atoms with E-state index in [1.807, 2.05) is 0 Å². The zero-order valence-electron chi connectivity index (χ0n) is 11.1. The number of H-pyrrole nitrogens is 1. The number of pyridine rings is 1. The summed E-state index contributed by atoms with van der Waals surface area (Å²) in [5.74, 6) is -0.731. The van der Waals surface area contributed by atoms with Crippen molar-refractivity contribution in [2.75, 3.05) is 13.1 Å². The number of rotatable bonds is 1. The molecule has 21 heavy (non-hydrogen) atoms. The van der Waals surface area contributed by atoms with Crippen LogP contribution in [0.5, 0.6) is 0 Å². The molecule has 4 amide bonds. The summed E-state index contributed by atoms with van der Waals surface area (Å²) in [4.78, 5) is 50.9. The quantitative estimate of drug-likeness (QED) is 0.587. The summed E-state index contributed by atoms with van der Waals surface area (Å²) in [7, 11) is 0. The minimum atomic E-state index is -1.05. The molecule has 3 N–H and O–H groups in total. The number of aromatic nitrogens is 1. The number of hydrogen-bond donors (Lipinski definition) is 3. The van der Waals surface area contributed by atoms with Gasteiger partial charge in [0.2, 0.25) is 5.56 Å². The minimum Gasteiger partial charge on any atom is -0.336 e. The van der Waals surface area contributed by atoms with Crippen LogP contribution in [0.1, 0.15) is 23.2 Å². The summed E-state index contributed by atoms with van der Waals surface area (Å²) < 4.78 is 0. The Morgan fingerprint density at radius 3 is 2.76 bits per heavy atom. The van der Waals surface area contributed by atoms with Crippen LogP contribution in [0.3, 0.4) is 0 Å². The highest BCUT2D eigenvalue weighted by Gasteiger charge is 2.49. The van der Waals surface area contributed by atoms with Gasteiger partial charge in [0.05, 0.1) is 6.54 Å². The summed E-state index contributed by atoms with van der Waals surface area (Å²) in [6.45, 7) is 0.590. The molecule has 3 rings (SSSR count). The van der Waals surface area contributed by atoms with Gasteiger partial charge in [0.15, 0.2) is 0 Å². The number of nitrogens with zero attached hydrogens (tertiary/aromatic N) is 1. The van der Waals surface area contributed by atoms with Crippen molar-refractivity contribution in [3.63, 3.8) is 0 Å². The predicted octanol–water partition coefficient (Wildman–Crippen LogP) is -0.811. The molecule has 1 aromatic rings. The Bertz CT molecular complexity index is 683. The van der Waals surface area contributed by atoms with Gasteiger partial charge >= 0.3 is 6.03 Å². The maximum atomic E-state index is 12.4. The van der Waals surface area contributed by atoms with Crippen LogP contribution in [0.15, 0.2) is 23.1 Å². The molecule has 2 saturated heterocycles. The molecule has 1 unspecified atom stereocenters. The molecule has 1 atom stereocenters. The van der Waals surface area contributed by atoms with E-state index < -0.39 is 17.5 Å². The van der Waals surface area contributed by atoms with E-state index in [0.717, 1.165) is 0 Å². The van der Waals surface area contributed by atoms with E-state index in [1.54, 1.807) is 0 Å². The molecule has 2 aliphatic heterocycles. The molecule has 0 aromatic carbocycles. The first-order valence-corrected chi connectivity index (χ1v) is 6.62. The minimum absolute atomic E-state index is 0.107. The molecule has 2 fully saturated rings. The number of imide groups is 1. The third-order valence-corrected chi connectivity index (χ3v) is 3.82. The maximum absolute atomic E-state index is 12.4. The van der Waals surface area contributed by atoms with Gasteiger partial charge in [0, 0.05) is 24.4 Å². The fourth-order valence-electron chi connectivity index (χ4n) is 2.80. The van der Waals surface area contributed by atoms with Gasteiger partial charge in [0.25, 0.3) is 11.8 Å². The van der Waals surface area contributed by atoms with E-state index in [2.05, 4.69) is 15.6 Å².